The zero-order chi connectivity index (χ0) is 15.0. The Morgan fingerprint density at radius 3 is 3.05 bits per heavy atom. The van der Waals surface area contributed by atoms with E-state index in [2.05, 4.69) is 20.7 Å². The Labute approximate surface area is 121 Å². The maximum atomic E-state index is 12.1. The maximum Gasteiger partial charge on any atom is 0.322 e. The summed E-state index contributed by atoms with van der Waals surface area (Å²) in [7, 11) is 1.83. The summed E-state index contributed by atoms with van der Waals surface area (Å²) in [5.74, 6) is -0.145. The number of hydrogen-bond donors (Lipinski definition) is 2. The van der Waals surface area contributed by atoms with E-state index in [9.17, 15) is 9.59 Å². The van der Waals surface area contributed by atoms with Crippen molar-refractivity contribution >= 4 is 28.7 Å². The number of carbonyl (C=O) groups is 2. The van der Waals surface area contributed by atoms with Gasteiger partial charge >= 0.3 is 6.03 Å². The zero-order valence-electron chi connectivity index (χ0n) is 11.9. The third-order valence-electron chi connectivity index (χ3n) is 3.44. The van der Waals surface area contributed by atoms with Crippen molar-refractivity contribution in [3.05, 3.63) is 18.0 Å². The molecule has 1 fully saturated rings. The lowest BCUT2D eigenvalue weighted by molar-refractivity contribution is -0.123. The highest BCUT2D eigenvalue weighted by Gasteiger charge is 2.21. The normalized spacial score (nSPS) is 15.1. The molecule has 110 valence electrons. The Hall–Kier alpha value is -2.64. The Morgan fingerprint density at radius 2 is 2.29 bits per heavy atom. The molecule has 3 rings (SSSR count). The lowest BCUT2D eigenvalue weighted by atomic mass is 10.2. The molecule has 8 nitrogen and oxygen atoms in total. The van der Waals surface area contributed by atoms with Crippen molar-refractivity contribution in [1.29, 1.82) is 0 Å². The first-order valence-electron chi connectivity index (χ1n) is 6.66. The van der Waals surface area contributed by atoms with Gasteiger partial charge in [-0.2, -0.15) is 5.10 Å². The van der Waals surface area contributed by atoms with Gasteiger partial charge in [-0.25, -0.2) is 9.78 Å². The highest BCUT2D eigenvalue weighted by Crippen LogP contribution is 2.19. The summed E-state index contributed by atoms with van der Waals surface area (Å²) in [6.45, 7) is 2.95. The van der Waals surface area contributed by atoms with E-state index in [1.807, 2.05) is 20.0 Å². The third-order valence-corrected chi connectivity index (χ3v) is 3.44. The van der Waals surface area contributed by atoms with E-state index < -0.39 is 0 Å². The molecule has 0 bridgehead atoms. The standard InChI is InChI=1S/C13H16N6O2/c1-8-10-5-9(6-15-12(10)18(2)17-8)16-13(21)19-4-3-14-11(20)7-19/h5-6H,3-4,7H2,1-2H3,(H,14,20)(H,16,21). The molecule has 2 aromatic heterocycles. The van der Waals surface area contributed by atoms with Gasteiger partial charge in [0.25, 0.3) is 0 Å². The quantitative estimate of drug-likeness (QED) is 0.786. The van der Waals surface area contributed by atoms with Crippen molar-refractivity contribution in [3.63, 3.8) is 0 Å². The predicted molar refractivity (Wildman–Crippen MR) is 76.8 cm³/mol. The minimum atomic E-state index is -0.299. The number of fused-ring (bicyclic) bond motifs is 1. The topological polar surface area (TPSA) is 92.2 Å². The Morgan fingerprint density at radius 1 is 1.48 bits per heavy atom. The minimum Gasteiger partial charge on any atom is -0.353 e. The van der Waals surface area contributed by atoms with Crippen LogP contribution in [0.1, 0.15) is 5.69 Å². The first-order valence-corrected chi connectivity index (χ1v) is 6.66. The number of hydrogen-bond acceptors (Lipinski definition) is 4. The number of anilines is 1. The number of nitrogens with one attached hydrogen (secondary N) is 2. The molecule has 3 heterocycles. The molecular weight excluding hydrogens is 272 g/mol. The van der Waals surface area contributed by atoms with Crippen LogP contribution in [0.3, 0.4) is 0 Å². The highest BCUT2D eigenvalue weighted by molar-refractivity contribution is 5.94. The van der Waals surface area contributed by atoms with Crippen LogP contribution in [0, 0.1) is 6.92 Å². The van der Waals surface area contributed by atoms with Crippen LogP contribution in [0.5, 0.6) is 0 Å². The Bertz CT molecular complexity index is 723. The van der Waals surface area contributed by atoms with Gasteiger partial charge < -0.3 is 15.5 Å². The summed E-state index contributed by atoms with van der Waals surface area (Å²) >= 11 is 0. The van der Waals surface area contributed by atoms with Crippen LogP contribution in [0.25, 0.3) is 11.0 Å². The Balaban J connectivity index is 1.79. The number of aryl methyl sites for hydroxylation is 2. The SMILES string of the molecule is Cc1nn(C)c2ncc(NC(=O)N3CCNC(=O)C3)cc12. The molecule has 3 amide bonds. The average Bonchev–Trinajstić information content (AvgIpc) is 2.74. The molecule has 0 spiro atoms. The summed E-state index contributed by atoms with van der Waals surface area (Å²) in [5, 5.41) is 10.6. The van der Waals surface area contributed by atoms with E-state index in [0.29, 0.717) is 18.8 Å². The van der Waals surface area contributed by atoms with Crippen LogP contribution >= 0.6 is 0 Å². The first-order chi connectivity index (χ1) is 10.0. The van der Waals surface area contributed by atoms with Gasteiger partial charge in [0.2, 0.25) is 5.91 Å². The van der Waals surface area contributed by atoms with E-state index in [1.54, 1.807) is 10.9 Å². The van der Waals surface area contributed by atoms with Crippen LogP contribution in [0.4, 0.5) is 10.5 Å². The first kappa shape index (κ1) is 13.3. The smallest absolute Gasteiger partial charge is 0.322 e. The molecule has 1 saturated heterocycles. The van der Waals surface area contributed by atoms with Gasteiger partial charge in [0.15, 0.2) is 5.65 Å². The number of nitrogens with zero attached hydrogens (tertiary/aromatic N) is 4. The fourth-order valence-electron chi connectivity index (χ4n) is 2.39. The van der Waals surface area contributed by atoms with Crippen LogP contribution in [0.2, 0.25) is 0 Å². The number of pyridine rings is 1. The molecule has 0 radical (unpaired) electrons. The van der Waals surface area contributed by atoms with Crippen molar-refractivity contribution in [2.45, 2.75) is 6.92 Å². The molecule has 8 heteroatoms. The molecule has 0 saturated carbocycles. The monoisotopic (exact) mass is 288 g/mol. The molecule has 0 aliphatic carbocycles. The van der Waals surface area contributed by atoms with Crippen molar-refractivity contribution < 1.29 is 9.59 Å². The van der Waals surface area contributed by atoms with E-state index in [0.717, 1.165) is 16.7 Å². The van der Waals surface area contributed by atoms with Gasteiger partial charge in [-0.15, -0.1) is 0 Å². The van der Waals surface area contributed by atoms with Gasteiger partial charge in [-0.05, 0) is 13.0 Å². The molecule has 21 heavy (non-hydrogen) atoms. The van der Waals surface area contributed by atoms with Gasteiger partial charge in [-0.1, -0.05) is 0 Å². The predicted octanol–water partition coefficient (Wildman–Crippen LogP) is 0.240. The largest absolute Gasteiger partial charge is 0.353 e. The maximum absolute atomic E-state index is 12.1. The number of rotatable bonds is 1. The fourth-order valence-corrected chi connectivity index (χ4v) is 2.39. The van der Waals surface area contributed by atoms with Crippen LogP contribution in [0.15, 0.2) is 12.3 Å². The zero-order valence-corrected chi connectivity index (χ0v) is 11.9. The number of amides is 3. The van der Waals surface area contributed by atoms with Crippen LogP contribution in [-0.2, 0) is 11.8 Å². The van der Waals surface area contributed by atoms with E-state index in [1.165, 1.54) is 4.90 Å². The molecule has 2 N–H and O–H groups in total. The molecule has 1 aliphatic rings. The second-order valence-electron chi connectivity index (χ2n) is 5.01. The average molecular weight is 288 g/mol. The highest BCUT2D eigenvalue weighted by atomic mass is 16.2. The summed E-state index contributed by atoms with van der Waals surface area (Å²) < 4.78 is 1.70. The lowest BCUT2D eigenvalue weighted by Gasteiger charge is -2.26. The van der Waals surface area contributed by atoms with E-state index >= 15 is 0 Å². The van der Waals surface area contributed by atoms with Crippen molar-refractivity contribution in [2.75, 3.05) is 25.0 Å². The second kappa shape index (κ2) is 5.04. The molecule has 0 atom stereocenters. The van der Waals surface area contributed by atoms with Gasteiger partial charge in [0.1, 0.15) is 6.54 Å². The van der Waals surface area contributed by atoms with Gasteiger partial charge in [0.05, 0.1) is 17.6 Å². The van der Waals surface area contributed by atoms with Gasteiger partial charge in [0, 0.05) is 25.5 Å². The third kappa shape index (κ3) is 2.51. The Kier molecular flexibility index (Phi) is 3.20. The van der Waals surface area contributed by atoms with E-state index in [-0.39, 0.29) is 18.5 Å². The second-order valence-corrected chi connectivity index (χ2v) is 5.01. The van der Waals surface area contributed by atoms with Crippen molar-refractivity contribution in [2.24, 2.45) is 7.05 Å². The summed E-state index contributed by atoms with van der Waals surface area (Å²) in [6, 6.07) is 1.54. The van der Waals surface area contributed by atoms with Crippen LogP contribution in [-0.4, -0.2) is 51.2 Å². The number of piperazine rings is 1. The molecule has 0 aromatic carbocycles. The number of urea groups is 1. The van der Waals surface area contributed by atoms with Crippen molar-refractivity contribution in [3.8, 4) is 0 Å². The fraction of sp³-hybridized carbons (Fsp3) is 0.385. The minimum absolute atomic E-state index is 0.0768. The van der Waals surface area contributed by atoms with Crippen molar-refractivity contribution in [1.82, 2.24) is 25.0 Å². The summed E-state index contributed by atoms with van der Waals surface area (Å²) in [4.78, 5) is 29.2. The van der Waals surface area contributed by atoms with Crippen LogP contribution < -0.4 is 10.6 Å². The summed E-state index contributed by atoms with van der Waals surface area (Å²) in [6.07, 6.45) is 1.59. The molecule has 2 aromatic rings. The molecule has 0 unspecified atom stereocenters. The molecular formula is C13H16N6O2. The summed E-state index contributed by atoms with van der Waals surface area (Å²) in [5.41, 5.74) is 2.21. The number of aromatic nitrogens is 3. The number of carbonyl (C=O) groups excluding carboxylic acids is 2. The lowest BCUT2D eigenvalue weighted by Crippen LogP contribution is -2.51. The molecule has 1 aliphatic heterocycles. The van der Waals surface area contributed by atoms with Gasteiger partial charge in [-0.3, -0.25) is 9.48 Å². The van der Waals surface area contributed by atoms with E-state index in [4.69, 9.17) is 0 Å².